The first-order valence-electron chi connectivity index (χ1n) is 12.0. The van der Waals surface area contributed by atoms with Gasteiger partial charge in [0.2, 0.25) is 5.91 Å². The molecule has 1 saturated heterocycles. The summed E-state index contributed by atoms with van der Waals surface area (Å²) in [5.41, 5.74) is 7.72. The molecular formula is C25H26N8O4. The van der Waals surface area contributed by atoms with E-state index in [1.807, 2.05) is 16.9 Å². The van der Waals surface area contributed by atoms with Crippen molar-refractivity contribution in [3.05, 3.63) is 41.9 Å². The molecule has 1 saturated carbocycles. The lowest BCUT2D eigenvalue weighted by molar-refractivity contribution is -0.117. The standard InChI is InChI=1S/C25H26N8O4/c1-36-23-16(17-13-33(32-20(17)12-26)15-7-9-37-10-8-15)3-2-4-18(23)28-19-11-21(29-25(35)14-5-6-14)30-31-22(19)24(27)34/h2-4,11,13-15H,5-10H2,1H3,(H2,27,34)(H2,28,29,30,35). The molecule has 3 heterocycles. The monoisotopic (exact) mass is 502 g/mol. The van der Waals surface area contributed by atoms with Crippen LogP contribution >= 0.6 is 0 Å². The summed E-state index contributed by atoms with van der Waals surface area (Å²) in [5, 5.41) is 28.0. The van der Waals surface area contributed by atoms with Gasteiger partial charge < -0.3 is 25.8 Å². The van der Waals surface area contributed by atoms with Crippen molar-refractivity contribution in [1.82, 2.24) is 20.0 Å². The molecule has 37 heavy (non-hydrogen) atoms. The summed E-state index contributed by atoms with van der Waals surface area (Å²) in [4.78, 5) is 24.2. The molecule has 2 amide bonds. The highest BCUT2D eigenvalue weighted by atomic mass is 16.5. The average molecular weight is 503 g/mol. The fourth-order valence-corrected chi connectivity index (χ4v) is 4.32. The van der Waals surface area contributed by atoms with E-state index in [2.05, 4.69) is 32.0 Å². The highest BCUT2D eigenvalue weighted by Gasteiger charge is 2.30. The summed E-state index contributed by atoms with van der Waals surface area (Å²) >= 11 is 0. The number of hydrogen-bond donors (Lipinski definition) is 3. The summed E-state index contributed by atoms with van der Waals surface area (Å²) in [6.07, 6.45) is 5.15. The molecule has 12 nitrogen and oxygen atoms in total. The molecule has 190 valence electrons. The first kappa shape index (κ1) is 24.2. The predicted octanol–water partition coefficient (Wildman–Crippen LogP) is 2.76. The lowest BCUT2D eigenvalue weighted by atomic mass is 10.0. The van der Waals surface area contributed by atoms with Gasteiger partial charge in [-0.1, -0.05) is 12.1 Å². The van der Waals surface area contributed by atoms with Crippen LogP contribution in [0.15, 0.2) is 30.5 Å². The number of benzene rings is 1. The maximum absolute atomic E-state index is 12.2. The number of nitrogens with one attached hydrogen (secondary N) is 2. The van der Waals surface area contributed by atoms with Gasteiger partial charge in [0.1, 0.15) is 11.8 Å². The molecular weight excluding hydrogens is 476 g/mol. The molecule has 3 aromatic rings. The minimum absolute atomic E-state index is 0.0258. The van der Waals surface area contributed by atoms with E-state index in [4.69, 9.17) is 15.2 Å². The van der Waals surface area contributed by atoms with Crippen LogP contribution in [-0.4, -0.2) is 52.1 Å². The number of anilines is 3. The van der Waals surface area contributed by atoms with Crippen molar-refractivity contribution in [2.24, 2.45) is 11.7 Å². The minimum atomic E-state index is -0.783. The lowest BCUT2D eigenvalue weighted by Gasteiger charge is -2.22. The molecule has 2 aliphatic rings. The molecule has 2 fully saturated rings. The summed E-state index contributed by atoms with van der Waals surface area (Å²) in [6.45, 7) is 1.30. The van der Waals surface area contributed by atoms with E-state index in [1.165, 1.54) is 13.2 Å². The smallest absolute Gasteiger partial charge is 0.271 e. The molecule has 2 aromatic heterocycles. The largest absolute Gasteiger partial charge is 0.494 e. The van der Waals surface area contributed by atoms with Gasteiger partial charge in [0.15, 0.2) is 17.2 Å². The zero-order valence-electron chi connectivity index (χ0n) is 20.2. The molecule has 4 N–H and O–H groups in total. The summed E-state index contributed by atoms with van der Waals surface area (Å²) in [7, 11) is 1.51. The second kappa shape index (κ2) is 10.2. The summed E-state index contributed by atoms with van der Waals surface area (Å²) in [5.74, 6) is -0.320. The Morgan fingerprint density at radius 2 is 1.95 bits per heavy atom. The highest BCUT2D eigenvalue weighted by molar-refractivity contribution is 5.99. The Balaban J connectivity index is 1.50. The van der Waals surface area contributed by atoms with Crippen LogP contribution in [0.25, 0.3) is 11.1 Å². The van der Waals surface area contributed by atoms with Gasteiger partial charge >= 0.3 is 0 Å². The number of nitrogens with zero attached hydrogens (tertiary/aromatic N) is 5. The highest BCUT2D eigenvalue weighted by Crippen LogP contribution is 2.40. The number of primary amides is 1. The Morgan fingerprint density at radius 1 is 1.16 bits per heavy atom. The number of nitrogens with two attached hydrogens (primary N) is 1. The van der Waals surface area contributed by atoms with Gasteiger partial charge in [-0.15, -0.1) is 10.2 Å². The Morgan fingerprint density at radius 3 is 2.62 bits per heavy atom. The van der Waals surface area contributed by atoms with E-state index in [1.54, 1.807) is 12.1 Å². The molecule has 1 aliphatic carbocycles. The minimum Gasteiger partial charge on any atom is -0.494 e. The first-order valence-corrected chi connectivity index (χ1v) is 12.0. The Labute approximate surface area is 212 Å². The van der Waals surface area contributed by atoms with Crippen molar-refractivity contribution < 1.29 is 19.1 Å². The number of hydrogen-bond acceptors (Lipinski definition) is 9. The number of para-hydroxylation sites is 1. The van der Waals surface area contributed by atoms with Crippen LogP contribution in [0.4, 0.5) is 17.2 Å². The van der Waals surface area contributed by atoms with Gasteiger partial charge in [0.05, 0.1) is 24.5 Å². The van der Waals surface area contributed by atoms with E-state index >= 15 is 0 Å². The molecule has 0 unspecified atom stereocenters. The zero-order chi connectivity index (χ0) is 25.9. The quantitative estimate of drug-likeness (QED) is 0.419. The third-order valence-electron chi connectivity index (χ3n) is 6.41. The number of amides is 2. The van der Waals surface area contributed by atoms with Gasteiger partial charge in [0, 0.05) is 42.5 Å². The molecule has 0 bridgehead atoms. The fourth-order valence-electron chi connectivity index (χ4n) is 4.32. The van der Waals surface area contributed by atoms with Crippen molar-refractivity contribution in [2.75, 3.05) is 31.0 Å². The van der Waals surface area contributed by atoms with Gasteiger partial charge in [0.25, 0.3) is 5.91 Å². The molecule has 0 radical (unpaired) electrons. The number of ether oxygens (including phenoxy) is 2. The molecule has 1 aliphatic heterocycles. The number of methoxy groups -OCH3 is 1. The topological polar surface area (TPSA) is 170 Å². The number of nitriles is 1. The van der Waals surface area contributed by atoms with E-state index in [-0.39, 0.29) is 40.8 Å². The van der Waals surface area contributed by atoms with Gasteiger partial charge in [-0.3, -0.25) is 14.3 Å². The van der Waals surface area contributed by atoms with Crippen LogP contribution in [-0.2, 0) is 9.53 Å². The maximum atomic E-state index is 12.2. The van der Waals surface area contributed by atoms with E-state index in [0.717, 1.165) is 25.7 Å². The maximum Gasteiger partial charge on any atom is 0.271 e. The Bertz CT molecular complexity index is 1390. The zero-order valence-corrected chi connectivity index (χ0v) is 20.2. The molecule has 1 aromatic carbocycles. The van der Waals surface area contributed by atoms with Crippen molar-refractivity contribution in [3.63, 3.8) is 0 Å². The number of carbonyl (C=O) groups is 2. The van der Waals surface area contributed by atoms with Gasteiger partial charge in [-0.2, -0.15) is 10.4 Å². The van der Waals surface area contributed by atoms with Gasteiger partial charge in [-0.05, 0) is 31.7 Å². The van der Waals surface area contributed by atoms with Crippen LogP contribution in [0.3, 0.4) is 0 Å². The van der Waals surface area contributed by atoms with Crippen LogP contribution in [0.2, 0.25) is 0 Å². The Hall–Kier alpha value is -4.50. The van der Waals surface area contributed by atoms with Gasteiger partial charge in [-0.25, -0.2) is 0 Å². The fraction of sp³-hybridized carbons (Fsp3) is 0.360. The number of aromatic nitrogens is 4. The van der Waals surface area contributed by atoms with Crippen LogP contribution < -0.4 is 21.1 Å². The molecule has 5 rings (SSSR count). The van der Waals surface area contributed by atoms with Crippen molar-refractivity contribution in [2.45, 2.75) is 31.7 Å². The normalized spacial score (nSPS) is 15.6. The first-order chi connectivity index (χ1) is 18.0. The van der Waals surface area contributed by atoms with Crippen molar-refractivity contribution in [3.8, 4) is 22.9 Å². The van der Waals surface area contributed by atoms with E-state index in [0.29, 0.717) is 35.8 Å². The predicted molar refractivity (Wildman–Crippen MR) is 133 cm³/mol. The van der Waals surface area contributed by atoms with Crippen LogP contribution in [0.5, 0.6) is 5.75 Å². The van der Waals surface area contributed by atoms with Crippen LogP contribution in [0.1, 0.15) is 47.9 Å². The second-order valence-electron chi connectivity index (χ2n) is 8.96. The Kier molecular flexibility index (Phi) is 6.70. The van der Waals surface area contributed by atoms with E-state index in [9.17, 15) is 14.9 Å². The van der Waals surface area contributed by atoms with E-state index < -0.39 is 5.91 Å². The van der Waals surface area contributed by atoms with Crippen LogP contribution in [0, 0.1) is 17.2 Å². The number of carbonyl (C=O) groups excluding carboxylic acids is 2. The van der Waals surface area contributed by atoms with Crippen molar-refractivity contribution in [1.29, 1.82) is 5.26 Å². The third kappa shape index (κ3) is 5.07. The third-order valence-corrected chi connectivity index (χ3v) is 6.41. The second-order valence-corrected chi connectivity index (χ2v) is 8.96. The molecule has 12 heteroatoms. The summed E-state index contributed by atoms with van der Waals surface area (Å²) < 4.78 is 13.0. The lowest BCUT2D eigenvalue weighted by Crippen LogP contribution is -2.19. The SMILES string of the molecule is COc1c(Nc2cc(NC(=O)C3CC3)nnc2C(N)=O)cccc1-c1cn(C2CCOCC2)nc1C#N. The average Bonchev–Trinajstić information content (AvgIpc) is 3.68. The van der Waals surface area contributed by atoms with Crippen molar-refractivity contribution >= 4 is 29.0 Å². The number of rotatable bonds is 8. The summed E-state index contributed by atoms with van der Waals surface area (Å²) in [6, 6.07) is 9.21. The molecule has 0 atom stereocenters. The molecule has 0 spiro atoms.